The average Bonchev–Trinajstić information content (AvgIpc) is 2.92. The van der Waals surface area contributed by atoms with Gasteiger partial charge in [-0.2, -0.15) is 0 Å². The second-order valence-electron chi connectivity index (χ2n) is 10.6. The van der Waals surface area contributed by atoms with Crippen LogP contribution in [0.1, 0.15) is 87.0 Å². The van der Waals surface area contributed by atoms with Crippen LogP contribution in [0.4, 0.5) is 13.2 Å². The SMILES string of the molecule is C/C=C/CCC1CCC(c2ccc(CCc3ccc(-c4ccc(CCC)c(F)c4F)c(F)c3)cc2)CC1. The molecule has 0 heterocycles. The van der Waals surface area contributed by atoms with E-state index in [1.807, 2.05) is 13.0 Å². The predicted octanol–water partition coefficient (Wildman–Crippen LogP) is 10.1. The van der Waals surface area contributed by atoms with Crippen LogP contribution in [0.25, 0.3) is 11.1 Å². The maximum Gasteiger partial charge on any atom is 0.167 e. The van der Waals surface area contributed by atoms with Crippen molar-refractivity contribution in [2.24, 2.45) is 5.92 Å². The normalized spacial score (nSPS) is 18.0. The molecular weight excluding hydrogens is 465 g/mol. The van der Waals surface area contributed by atoms with Gasteiger partial charge in [0.2, 0.25) is 0 Å². The molecule has 0 N–H and O–H groups in total. The fourth-order valence-electron chi connectivity index (χ4n) is 5.72. The summed E-state index contributed by atoms with van der Waals surface area (Å²) in [5.41, 5.74) is 3.93. The Hall–Kier alpha value is -2.81. The Bertz CT molecular complexity index is 1180. The summed E-state index contributed by atoms with van der Waals surface area (Å²) in [6, 6.07) is 16.8. The van der Waals surface area contributed by atoms with E-state index in [1.54, 1.807) is 12.1 Å². The fraction of sp³-hybridized carbons (Fsp3) is 0.412. The first kappa shape index (κ1) is 27.2. The molecule has 1 saturated carbocycles. The van der Waals surface area contributed by atoms with E-state index < -0.39 is 17.5 Å². The summed E-state index contributed by atoms with van der Waals surface area (Å²) in [7, 11) is 0. The van der Waals surface area contributed by atoms with Gasteiger partial charge in [0.25, 0.3) is 0 Å². The van der Waals surface area contributed by atoms with Crippen LogP contribution in [-0.4, -0.2) is 0 Å². The van der Waals surface area contributed by atoms with Crippen molar-refractivity contribution in [2.75, 3.05) is 0 Å². The summed E-state index contributed by atoms with van der Waals surface area (Å²) in [6.45, 7) is 4.01. The van der Waals surface area contributed by atoms with Crippen LogP contribution in [0, 0.1) is 23.4 Å². The van der Waals surface area contributed by atoms with E-state index in [0.29, 0.717) is 24.3 Å². The maximum atomic E-state index is 14.9. The lowest BCUT2D eigenvalue weighted by Gasteiger charge is -2.28. The van der Waals surface area contributed by atoms with Crippen molar-refractivity contribution in [2.45, 2.75) is 84.0 Å². The second kappa shape index (κ2) is 13.1. The van der Waals surface area contributed by atoms with Crippen LogP contribution in [0.15, 0.2) is 66.7 Å². The van der Waals surface area contributed by atoms with Crippen molar-refractivity contribution < 1.29 is 13.2 Å². The molecule has 0 amide bonds. The Morgan fingerprint density at radius 2 is 1.43 bits per heavy atom. The molecule has 3 heteroatoms. The molecule has 3 aromatic carbocycles. The van der Waals surface area contributed by atoms with Gasteiger partial charge < -0.3 is 0 Å². The zero-order valence-corrected chi connectivity index (χ0v) is 22.2. The van der Waals surface area contributed by atoms with Crippen LogP contribution >= 0.6 is 0 Å². The summed E-state index contributed by atoms with van der Waals surface area (Å²) >= 11 is 0. The lowest BCUT2D eigenvalue weighted by molar-refractivity contribution is 0.312. The summed E-state index contributed by atoms with van der Waals surface area (Å²) in [6.07, 6.45) is 14.8. The first-order valence-electron chi connectivity index (χ1n) is 14.0. The molecule has 0 atom stereocenters. The van der Waals surface area contributed by atoms with Crippen LogP contribution in [-0.2, 0) is 19.3 Å². The molecule has 1 aliphatic rings. The molecule has 0 saturated heterocycles. The maximum absolute atomic E-state index is 14.9. The van der Waals surface area contributed by atoms with Gasteiger partial charge in [0.15, 0.2) is 11.6 Å². The van der Waals surface area contributed by atoms with Crippen molar-refractivity contribution in [1.82, 2.24) is 0 Å². The topological polar surface area (TPSA) is 0 Å². The molecule has 0 radical (unpaired) electrons. The average molecular weight is 505 g/mol. The number of hydrogen-bond donors (Lipinski definition) is 0. The Labute approximate surface area is 220 Å². The summed E-state index contributed by atoms with van der Waals surface area (Å²) in [5.74, 6) is -0.830. The molecule has 1 fully saturated rings. The molecule has 0 aliphatic heterocycles. The third-order valence-electron chi connectivity index (χ3n) is 7.98. The molecule has 0 spiro atoms. The third kappa shape index (κ3) is 6.94. The highest BCUT2D eigenvalue weighted by atomic mass is 19.2. The zero-order valence-electron chi connectivity index (χ0n) is 22.2. The molecule has 1 aliphatic carbocycles. The lowest BCUT2D eigenvalue weighted by Crippen LogP contribution is -2.13. The van der Waals surface area contributed by atoms with Gasteiger partial charge in [0.05, 0.1) is 0 Å². The van der Waals surface area contributed by atoms with E-state index in [1.165, 1.54) is 61.8 Å². The monoisotopic (exact) mass is 504 g/mol. The van der Waals surface area contributed by atoms with Gasteiger partial charge in [-0.1, -0.05) is 74.0 Å². The summed E-state index contributed by atoms with van der Waals surface area (Å²) in [5, 5.41) is 0. The van der Waals surface area contributed by atoms with Gasteiger partial charge in [-0.3, -0.25) is 0 Å². The van der Waals surface area contributed by atoms with Gasteiger partial charge >= 0.3 is 0 Å². The van der Waals surface area contributed by atoms with E-state index in [4.69, 9.17) is 0 Å². The number of halogens is 3. The Morgan fingerprint density at radius 1 is 0.757 bits per heavy atom. The number of aryl methyl sites for hydroxylation is 3. The van der Waals surface area contributed by atoms with Crippen LogP contribution in [0.2, 0.25) is 0 Å². The minimum Gasteiger partial charge on any atom is -0.206 e. The van der Waals surface area contributed by atoms with Crippen LogP contribution < -0.4 is 0 Å². The van der Waals surface area contributed by atoms with Gasteiger partial charge in [-0.05, 0) is 105 Å². The molecular formula is C34H39F3. The first-order valence-corrected chi connectivity index (χ1v) is 14.0. The van der Waals surface area contributed by atoms with E-state index in [-0.39, 0.29) is 11.1 Å². The minimum absolute atomic E-state index is 0.0242. The first-order chi connectivity index (χ1) is 18.0. The second-order valence-corrected chi connectivity index (χ2v) is 10.6. The highest BCUT2D eigenvalue weighted by Gasteiger charge is 2.22. The van der Waals surface area contributed by atoms with Gasteiger partial charge in [-0.15, -0.1) is 0 Å². The number of rotatable bonds is 10. The number of hydrogen-bond acceptors (Lipinski definition) is 0. The van der Waals surface area contributed by atoms with Crippen molar-refractivity contribution in [3.05, 3.63) is 106 Å². The number of allylic oxidation sites excluding steroid dienone is 2. The van der Waals surface area contributed by atoms with Crippen molar-refractivity contribution in [3.8, 4) is 11.1 Å². The molecule has 196 valence electrons. The van der Waals surface area contributed by atoms with Crippen LogP contribution in [0.3, 0.4) is 0 Å². The molecule has 0 nitrogen and oxygen atoms in total. The van der Waals surface area contributed by atoms with Crippen molar-refractivity contribution in [1.29, 1.82) is 0 Å². The van der Waals surface area contributed by atoms with Crippen molar-refractivity contribution >= 4 is 0 Å². The predicted molar refractivity (Wildman–Crippen MR) is 148 cm³/mol. The Morgan fingerprint density at radius 3 is 2.11 bits per heavy atom. The van der Waals surface area contributed by atoms with E-state index >= 15 is 0 Å². The highest BCUT2D eigenvalue weighted by Crippen LogP contribution is 2.37. The molecule has 37 heavy (non-hydrogen) atoms. The molecule has 0 bridgehead atoms. The molecule has 0 aromatic heterocycles. The smallest absolute Gasteiger partial charge is 0.167 e. The molecule has 3 aromatic rings. The molecule has 4 rings (SSSR count). The minimum atomic E-state index is -0.972. The number of benzene rings is 3. The summed E-state index contributed by atoms with van der Waals surface area (Å²) in [4.78, 5) is 0. The quantitative estimate of drug-likeness (QED) is 0.241. The van der Waals surface area contributed by atoms with Gasteiger partial charge in [-0.25, -0.2) is 13.2 Å². The van der Waals surface area contributed by atoms with E-state index in [9.17, 15) is 13.2 Å². The van der Waals surface area contributed by atoms with E-state index in [2.05, 4.69) is 43.3 Å². The van der Waals surface area contributed by atoms with Gasteiger partial charge in [0.1, 0.15) is 5.82 Å². The molecule has 0 unspecified atom stereocenters. The third-order valence-corrected chi connectivity index (χ3v) is 7.98. The lowest BCUT2D eigenvalue weighted by atomic mass is 9.77. The van der Waals surface area contributed by atoms with E-state index in [0.717, 1.165) is 24.3 Å². The Kier molecular flexibility index (Phi) is 9.66. The zero-order chi connectivity index (χ0) is 26.2. The summed E-state index contributed by atoms with van der Waals surface area (Å²) < 4.78 is 43.9. The largest absolute Gasteiger partial charge is 0.206 e. The van der Waals surface area contributed by atoms with Crippen molar-refractivity contribution in [3.63, 3.8) is 0 Å². The van der Waals surface area contributed by atoms with Gasteiger partial charge in [0, 0.05) is 11.1 Å². The standard InChI is InChI=1S/C34H39F3/c1-3-5-6-8-24-11-16-27(17-12-24)28-18-13-25(14-19-28)9-10-26-15-21-30(32(35)23-26)31-22-20-29(7-4-2)33(36)34(31)37/h3,5,13-15,18-24,27H,4,6-12,16-17H2,1-2H3/b5-3+. The Balaban J connectivity index is 1.33. The highest BCUT2D eigenvalue weighted by molar-refractivity contribution is 5.66. The fourth-order valence-corrected chi connectivity index (χ4v) is 5.72. The van der Waals surface area contributed by atoms with Crippen LogP contribution in [0.5, 0.6) is 0 Å².